The monoisotopic (exact) mass is 627 g/mol. The van der Waals surface area contributed by atoms with Crippen molar-refractivity contribution >= 4 is 34.6 Å². The summed E-state index contributed by atoms with van der Waals surface area (Å²) in [5.74, 6) is 0.702. The Morgan fingerprint density at radius 1 is 1.04 bits per heavy atom. The van der Waals surface area contributed by atoms with Crippen LogP contribution in [0.5, 0.6) is 6.01 Å². The molecule has 0 radical (unpaired) electrons. The average molecular weight is 628 g/mol. The van der Waals surface area contributed by atoms with Gasteiger partial charge in [0.05, 0.1) is 25.3 Å². The minimum atomic E-state index is -0.629. The van der Waals surface area contributed by atoms with Gasteiger partial charge >= 0.3 is 6.01 Å². The molecule has 7 rings (SSSR count). The highest BCUT2D eigenvalue weighted by Crippen LogP contribution is 2.32. The molecule has 5 heterocycles. The highest BCUT2D eigenvalue weighted by molar-refractivity contribution is 5.96. The number of hydroxylamine groups is 2. The Morgan fingerprint density at radius 3 is 2.46 bits per heavy atom. The number of nitrogens with zero attached hydrogens (tertiary/aromatic N) is 4. The molecule has 1 aromatic heterocycles. The summed E-state index contributed by atoms with van der Waals surface area (Å²) in [6.45, 7) is 11.5. The maximum Gasteiger partial charge on any atom is 0.319 e. The summed E-state index contributed by atoms with van der Waals surface area (Å²) in [5.41, 5.74) is 2.96. The van der Waals surface area contributed by atoms with Gasteiger partial charge in [-0.3, -0.25) is 4.84 Å². The molecule has 2 aromatic carbocycles. The molecule has 4 aliphatic heterocycles. The maximum atomic E-state index is 14.7. The van der Waals surface area contributed by atoms with Gasteiger partial charge in [0, 0.05) is 30.4 Å². The quantitative estimate of drug-likeness (QED) is 0.367. The van der Waals surface area contributed by atoms with Gasteiger partial charge in [0.1, 0.15) is 29.7 Å². The Bertz CT molecular complexity index is 1710. The molecule has 8 nitrogen and oxygen atoms in total. The van der Waals surface area contributed by atoms with Gasteiger partial charge in [-0.05, 0) is 86.4 Å². The minimum absolute atomic E-state index is 0.158. The van der Waals surface area contributed by atoms with Crippen molar-refractivity contribution in [3.05, 3.63) is 64.2 Å². The fourth-order valence-electron chi connectivity index (χ4n) is 7.60. The molecule has 0 saturated carbocycles. The SMILES string of the molecule is CCc1cccc2cccc(/C(C)=C/C=c3/c(N4CC5CCC(C4)N5)nc(OCC(C)(C)ON4C5CCC4COC5)n/c3=C\F)c12. The largest absolute Gasteiger partial charge is 0.460 e. The summed E-state index contributed by atoms with van der Waals surface area (Å²) >= 11 is 0. The van der Waals surface area contributed by atoms with E-state index in [2.05, 4.69) is 76.6 Å². The first-order valence-corrected chi connectivity index (χ1v) is 16.9. The fourth-order valence-corrected chi connectivity index (χ4v) is 7.60. The second-order valence-corrected chi connectivity index (χ2v) is 13.9. The standard InChI is InChI=1S/C37H46FN5O3/c1-5-25-8-6-9-26-10-7-11-31(34(25)26)24(2)12-17-32-33(18-38)40-36(41-35(32)42-19-27-13-14-28(20-42)39-27)45-23-37(3,4)46-43-29-15-16-30(43)22-44-21-29/h6-12,17-18,27-30,39H,5,13-16,19-23H2,1-4H3/b24-12+,32-17+,33-18-. The molecule has 1 N–H and O–H groups in total. The van der Waals surface area contributed by atoms with E-state index in [0.717, 1.165) is 50.8 Å². The van der Waals surface area contributed by atoms with E-state index >= 15 is 0 Å². The van der Waals surface area contributed by atoms with Gasteiger partial charge in [-0.25, -0.2) is 4.39 Å². The first-order chi connectivity index (χ1) is 22.3. The van der Waals surface area contributed by atoms with Gasteiger partial charge in [0.2, 0.25) is 0 Å². The Kier molecular flexibility index (Phi) is 8.85. The summed E-state index contributed by atoms with van der Waals surface area (Å²) in [4.78, 5) is 18.3. The Morgan fingerprint density at radius 2 is 1.76 bits per heavy atom. The van der Waals surface area contributed by atoms with E-state index in [-0.39, 0.29) is 30.1 Å². The molecule has 46 heavy (non-hydrogen) atoms. The number of fused-ring (bicyclic) bond motifs is 5. The number of hydrogen-bond donors (Lipinski definition) is 1. The number of nitrogens with one attached hydrogen (secondary N) is 1. The van der Waals surface area contributed by atoms with Crippen LogP contribution in [-0.4, -0.2) is 77.7 Å². The van der Waals surface area contributed by atoms with E-state index in [1.54, 1.807) is 0 Å². The number of anilines is 1. The lowest BCUT2D eigenvalue weighted by Crippen LogP contribution is -2.53. The molecular formula is C37H46FN5O3. The number of allylic oxidation sites excluding steroid dienone is 2. The van der Waals surface area contributed by atoms with Crippen molar-refractivity contribution in [2.45, 2.75) is 89.6 Å². The lowest BCUT2D eigenvalue weighted by atomic mass is 9.94. The van der Waals surface area contributed by atoms with Crippen LogP contribution >= 0.6 is 0 Å². The van der Waals surface area contributed by atoms with E-state index in [4.69, 9.17) is 19.3 Å². The van der Waals surface area contributed by atoms with Crippen LogP contribution in [0.1, 0.15) is 64.5 Å². The highest BCUT2D eigenvalue weighted by atomic mass is 19.1. The highest BCUT2D eigenvalue weighted by Gasteiger charge is 2.41. The number of morpholine rings is 1. The number of aryl methyl sites for hydroxylation is 1. The summed E-state index contributed by atoms with van der Waals surface area (Å²) in [6.07, 6.45) is 9.97. The van der Waals surface area contributed by atoms with Crippen LogP contribution in [0, 0.1) is 0 Å². The van der Waals surface area contributed by atoms with Crippen LogP contribution in [0.3, 0.4) is 0 Å². The molecule has 4 saturated heterocycles. The Labute approximate surface area is 270 Å². The lowest BCUT2D eigenvalue weighted by molar-refractivity contribution is -0.291. The molecular weight excluding hydrogens is 581 g/mol. The van der Waals surface area contributed by atoms with E-state index < -0.39 is 5.60 Å². The molecule has 0 spiro atoms. The van der Waals surface area contributed by atoms with Crippen molar-refractivity contribution in [2.75, 3.05) is 37.8 Å². The van der Waals surface area contributed by atoms with Crippen molar-refractivity contribution < 1.29 is 18.7 Å². The number of rotatable bonds is 9. The van der Waals surface area contributed by atoms with Gasteiger partial charge in [-0.15, -0.1) is 0 Å². The van der Waals surface area contributed by atoms with E-state index in [1.165, 1.54) is 21.9 Å². The van der Waals surface area contributed by atoms with Crippen molar-refractivity contribution in [1.29, 1.82) is 0 Å². The molecule has 3 aromatic rings. The summed E-state index contributed by atoms with van der Waals surface area (Å²) < 4.78 is 26.6. The van der Waals surface area contributed by atoms with Crippen molar-refractivity contribution in [3.63, 3.8) is 0 Å². The molecule has 9 heteroatoms. The van der Waals surface area contributed by atoms with Crippen molar-refractivity contribution in [2.24, 2.45) is 0 Å². The normalized spacial score (nSPS) is 26.0. The fraction of sp³-hybridized carbons (Fsp3) is 0.514. The van der Waals surface area contributed by atoms with Crippen LogP contribution in [0.4, 0.5) is 10.2 Å². The molecule has 4 bridgehead atoms. The lowest BCUT2D eigenvalue weighted by Gasteiger charge is -2.39. The zero-order valence-corrected chi connectivity index (χ0v) is 27.5. The number of piperazine rings is 1. The maximum absolute atomic E-state index is 14.7. The van der Waals surface area contributed by atoms with Gasteiger partial charge in [-0.1, -0.05) is 49.4 Å². The zero-order valence-electron chi connectivity index (χ0n) is 27.5. The molecule has 0 amide bonds. The molecule has 4 aliphatic rings. The second kappa shape index (κ2) is 13.0. The molecule has 4 fully saturated rings. The van der Waals surface area contributed by atoms with Gasteiger partial charge in [0.15, 0.2) is 0 Å². The first-order valence-electron chi connectivity index (χ1n) is 16.9. The third kappa shape index (κ3) is 6.30. The molecule has 0 aliphatic carbocycles. The summed E-state index contributed by atoms with van der Waals surface area (Å²) in [6, 6.07) is 14.4. The minimum Gasteiger partial charge on any atom is -0.460 e. The second-order valence-electron chi connectivity index (χ2n) is 13.9. The van der Waals surface area contributed by atoms with E-state index in [1.807, 2.05) is 19.9 Å². The first kappa shape index (κ1) is 31.2. The van der Waals surface area contributed by atoms with Crippen LogP contribution in [0.15, 0.2) is 42.5 Å². The topological polar surface area (TPSA) is 72.0 Å². The van der Waals surface area contributed by atoms with E-state index in [9.17, 15) is 4.39 Å². The van der Waals surface area contributed by atoms with Crippen LogP contribution in [-0.2, 0) is 16.0 Å². The van der Waals surface area contributed by atoms with Crippen molar-refractivity contribution in [3.8, 4) is 6.01 Å². The van der Waals surface area contributed by atoms with Gasteiger partial charge in [0.25, 0.3) is 0 Å². The van der Waals surface area contributed by atoms with Crippen LogP contribution < -0.4 is 25.5 Å². The summed E-state index contributed by atoms with van der Waals surface area (Å²) in [5, 5.41) is 9.16. The predicted molar refractivity (Wildman–Crippen MR) is 181 cm³/mol. The zero-order chi connectivity index (χ0) is 31.8. The smallest absolute Gasteiger partial charge is 0.319 e. The number of hydrogen-bond acceptors (Lipinski definition) is 8. The number of halogens is 1. The van der Waals surface area contributed by atoms with Crippen molar-refractivity contribution in [1.82, 2.24) is 20.3 Å². The van der Waals surface area contributed by atoms with Gasteiger partial charge in [-0.2, -0.15) is 15.0 Å². The third-order valence-corrected chi connectivity index (χ3v) is 9.93. The van der Waals surface area contributed by atoms with Crippen LogP contribution in [0.2, 0.25) is 0 Å². The van der Waals surface area contributed by atoms with E-state index in [0.29, 0.717) is 42.7 Å². The third-order valence-electron chi connectivity index (χ3n) is 9.93. The average Bonchev–Trinajstić information content (AvgIpc) is 3.49. The molecule has 4 unspecified atom stereocenters. The predicted octanol–water partition coefficient (Wildman–Crippen LogP) is 4.68. The number of ether oxygens (including phenoxy) is 2. The van der Waals surface area contributed by atoms with Gasteiger partial charge < -0.3 is 19.7 Å². The number of benzene rings is 2. The molecule has 4 atom stereocenters. The Hall–Kier alpha value is -3.37. The van der Waals surface area contributed by atoms with Crippen LogP contribution in [0.25, 0.3) is 28.8 Å². The molecule has 244 valence electrons. The Balaban J connectivity index is 1.22. The number of aromatic nitrogens is 2. The summed E-state index contributed by atoms with van der Waals surface area (Å²) in [7, 11) is 0.